The first-order valence-corrected chi connectivity index (χ1v) is 13.9. The summed E-state index contributed by atoms with van der Waals surface area (Å²) in [5.74, 6) is 1.95. The molecule has 0 atom stereocenters. The zero-order valence-electron chi connectivity index (χ0n) is 21.6. The molecule has 2 aromatic heterocycles. The summed E-state index contributed by atoms with van der Waals surface area (Å²) in [5.41, 5.74) is 3.11. The van der Waals surface area contributed by atoms with Crippen LogP contribution in [0.1, 0.15) is 11.1 Å². The van der Waals surface area contributed by atoms with E-state index in [-0.39, 0.29) is 12.2 Å². The SMILES string of the molecule is C=CC(=O)Cc1ccccc1Nc1nc(Nc2cc(OC)nc(N3CCN(S(C)(=O)=O)CC3)c2)ncc1C. The van der Waals surface area contributed by atoms with Crippen molar-refractivity contribution in [1.29, 1.82) is 0 Å². The molecule has 38 heavy (non-hydrogen) atoms. The van der Waals surface area contributed by atoms with Gasteiger partial charge < -0.3 is 20.3 Å². The molecule has 200 valence electrons. The summed E-state index contributed by atoms with van der Waals surface area (Å²) >= 11 is 0. The minimum Gasteiger partial charge on any atom is -0.481 e. The zero-order chi connectivity index (χ0) is 27.3. The Morgan fingerprint density at radius 2 is 1.87 bits per heavy atom. The first kappa shape index (κ1) is 27.0. The molecule has 11 nitrogen and oxygen atoms in total. The van der Waals surface area contributed by atoms with Crippen LogP contribution in [0, 0.1) is 6.92 Å². The van der Waals surface area contributed by atoms with E-state index in [4.69, 9.17) is 4.74 Å². The molecule has 1 fully saturated rings. The Morgan fingerprint density at radius 1 is 1.13 bits per heavy atom. The Hall–Kier alpha value is -4.03. The molecule has 0 saturated carbocycles. The number of benzene rings is 1. The maximum atomic E-state index is 11.9. The first-order chi connectivity index (χ1) is 18.2. The third-order valence-corrected chi connectivity index (χ3v) is 7.42. The van der Waals surface area contributed by atoms with Crippen LogP contribution in [0.2, 0.25) is 0 Å². The minimum atomic E-state index is -3.23. The van der Waals surface area contributed by atoms with Gasteiger partial charge in [-0.1, -0.05) is 24.8 Å². The van der Waals surface area contributed by atoms with Crippen molar-refractivity contribution in [1.82, 2.24) is 19.3 Å². The number of hydrogen-bond donors (Lipinski definition) is 2. The molecule has 3 aromatic rings. The molecule has 0 bridgehead atoms. The number of piperazine rings is 1. The van der Waals surface area contributed by atoms with Crippen LogP contribution in [0.5, 0.6) is 5.88 Å². The van der Waals surface area contributed by atoms with Gasteiger partial charge in [-0.25, -0.2) is 13.4 Å². The fourth-order valence-corrected chi connectivity index (χ4v) is 4.85. The minimum absolute atomic E-state index is 0.0683. The second-order valence-electron chi connectivity index (χ2n) is 8.89. The number of para-hydroxylation sites is 1. The van der Waals surface area contributed by atoms with Crippen LogP contribution < -0.4 is 20.3 Å². The number of pyridine rings is 1. The van der Waals surface area contributed by atoms with Crippen molar-refractivity contribution in [2.45, 2.75) is 13.3 Å². The van der Waals surface area contributed by atoms with Crippen molar-refractivity contribution in [2.24, 2.45) is 0 Å². The standard InChI is InChI=1S/C26H31N7O4S/c1-5-21(34)14-19-8-6-7-9-22(19)29-25-18(2)17-27-26(31-25)28-20-15-23(30-24(16-20)37-3)32-10-12-33(13-11-32)38(4,35)36/h5-9,15-17H,1,10-14H2,2-4H3,(H2,27,28,29,30,31). The first-order valence-electron chi connectivity index (χ1n) is 12.0. The molecule has 1 aliphatic rings. The largest absolute Gasteiger partial charge is 0.481 e. The average molecular weight is 538 g/mol. The molecule has 2 N–H and O–H groups in total. The lowest BCUT2D eigenvalue weighted by molar-refractivity contribution is -0.114. The van der Waals surface area contributed by atoms with E-state index in [0.717, 1.165) is 16.8 Å². The number of aromatic nitrogens is 3. The molecule has 0 radical (unpaired) electrons. The highest BCUT2D eigenvalue weighted by molar-refractivity contribution is 7.88. The third-order valence-electron chi connectivity index (χ3n) is 6.12. The Balaban J connectivity index is 1.55. The zero-order valence-corrected chi connectivity index (χ0v) is 22.5. The van der Waals surface area contributed by atoms with E-state index in [1.165, 1.54) is 23.7 Å². The lowest BCUT2D eigenvalue weighted by atomic mass is 10.1. The van der Waals surface area contributed by atoms with E-state index in [9.17, 15) is 13.2 Å². The quantitative estimate of drug-likeness (QED) is 0.372. The van der Waals surface area contributed by atoms with Gasteiger partial charge in [0, 0.05) is 67.9 Å². The fraction of sp³-hybridized carbons (Fsp3) is 0.308. The van der Waals surface area contributed by atoms with Crippen molar-refractivity contribution >= 4 is 44.8 Å². The second kappa shape index (κ2) is 11.6. The van der Waals surface area contributed by atoms with Crippen LogP contribution in [-0.4, -0.2) is 73.0 Å². The van der Waals surface area contributed by atoms with Gasteiger partial charge in [-0.15, -0.1) is 0 Å². The maximum absolute atomic E-state index is 11.9. The third kappa shape index (κ3) is 6.64. The Bertz CT molecular complexity index is 1440. The number of carbonyl (C=O) groups excluding carboxylic acids is 1. The molecule has 1 aliphatic heterocycles. The van der Waals surface area contributed by atoms with E-state index in [2.05, 4.69) is 32.2 Å². The molecule has 1 aromatic carbocycles. The number of aryl methyl sites for hydroxylation is 1. The Labute approximate surface area is 222 Å². The van der Waals surface area contributed by atoms with E-state index in [0.29, 0.717) is 55.3 Å². The van der Waals surface area contributed by atoms with Crippen molar-refractivity contribution in [3.05, 3.63) is 66.4 Å². The van der Waals surface area contributed by atoms with Crippen LogP contribution >= 0.6 is 0 Å². The average Bonchev–Trinajstić information content (AvgIpc) is 2.91. The Kier molecular flexibility index (Phi) is 8.23. The van der Waals surface area contributed by atoms with Gasteiger partial charge in [-0.05, 0) is 24.6 Å². The molecule has 0 aliphatic carbocycles. The van der Waals surface area contributed by atoms with E-state index < -0.39 is 10.0 Å². The summed E-state index contributed by atoms with van der Waals surface area (Å²) in [6.07, 6.45) is 4.48. The molecule has 4 rings (SSSR count). The van der Waals surface area contributed by atoms with Gasteiger partial charge in [0.1, 0.15) is 11.6 Å². The van der Waals surface area contributed by atoms with E-state index >= 15 is 0 Å². The van der Waals surface area contributed by atoms with Gasteiger partial charge in [-0.2, -0.15) is 14.3 Å². The number of sulfonamides is 1. The van der Waals surface area contributed by atoms with Gasteiger partial charge >= 0.3 is 0 Å². The van der Waals surface area contributed by atoms with E-state index in [1.807, 2.05) is 42.2 Å². The highest BCUT2D eigenvalue weighted by Crippen LogP contribution is 2.28. The molecular formula is C26H31N7O4S. The summed E-state index contributed by atoms with van der Waals surface area (Å²) < 4.78 is 30.6. The topological polar surface area (TPSA) is 130 Å². The molecule has 0 spiro atoms. The number of methoxy groups -OCH3 is 1. The lowest BCUT2D eigenvalue weighted by Crippen LogP contribution is -2.48. The number of carbonyl (C=O) groups is 1. The van der Waals surface area contributed by atoms with Gasteiger partial charge in [0.2, 0.25) is 21.9 Å². The van der Waals surface area contributed by atoms with Gasteiger partial charge in [0.15, 0.2) is 5.78 Å². The normalized spacial score (nSPS) is 14.1. The second-order valence-corrected chi connectivity index (χ2v) is 10.9. The van der Waals surface area contributed by atoms with Gasteiger partial charge in [0.25, 0.3) is 0 Å². The van der Waals surface area contributed by atoms with Crippen LogP contribution in [0.25, 0.3) is 0 Å². The van der Waals surface area contributed by atoms with Crippen molar-refractivity contribution in [2.75, 3.05) is 55.1 Å². The smallest absolute Gasteiger partial charge is 0.229 e. The number of ether oxygens (including phenoxy) is 1. The highest BCUT2D eigenvalue weighted by atomic mass is 32.2. The molecule has 1 saturated heterocycles. The Morgan fingerprint density at radius 3 is 2.55 bits per heavy atom. The predicted octanol–water partition coefficient (Wildman–Crippen LogP) is 3.06. The van der Waals surface area contributed by atoms with Crippen LogP contribution in [0.4, 0.5) is 29.0 Å². The molecule has 12 heteroatoms. The number of rotatable bonds is 10. The fourth-order valence-electron chi connectivity index (χ4n) is 4.02. The number of nitrogens with one attached hydrogen (secondary N) is 2. The molecule has 3 heterocycles. The number of allylic oxidation sites excluding steroid dienone is 1. The number of ketones is 1. The number of nitrogens with zero attached hydrogens (tertiary/aromatic N) is 5. The van der Waals surface area contributed by atoms with Gasteiger partial charge in [-0.3, -0.25) is 4.79 Å². The maximum Gasteiger partial charge on any atom is 0.229 e. The van der Waals surface area contributed by atoms with Crippen molar-refractivity contribution < 1.29 is 17.9 Å². The van der Waals surface area contributed by atoms with E-state index in [1.54, 1.807) is 12.3 Å². The van der Waals surface area contributed by atoms with Crippen LogP contribution in [0.15, 0.2) is 55.3 Å². The van der Waals surface area contributed by atoms with Crippen LogP contribution in [-0.2, 0) is 21.2 Å². The monoisotopic (exact) mass is 537 g/mol. The number of hydrogen-bond acceptors (Lipinski definition) is 10. The molecular weight excluding hydrogens is 506 g/mol. The lowest BCUT2D eigenvalue weighted by Gasteiger charge is -2.34. The predicted molar refractivity (Wildman–Crippen MR) is 148 cm³/mol. The summed E-state index contributed by atoms with van der Waals surface area (Å²) in [6.45, 7) is 7.24. The van der Waals surface area contributed by atoms with Gasteiger partial charge in [0.05, 0.1) is 13.4 Å². The van der Waals surface area contributed by atoms with Crippen molar-refractivity contribution in [3.63, 3.8) is 0 Å². The summed E-state index contributed by atoms with van der Waals surface area (Å²) in [6, 6.07) is 11.1. The van der Waals surface area contributed by atoms with Crippen LogP contribution in [0.3, 0.4) is 0 Å². The van der Waals surface area contributed by atoms with Crippen molar-refractivity contribution in [3.8, 4) is 5.88 Å². The number of anilines is 5. The summed E-state index contributed by atoms with van der Waals surface area (Å²) in [7, 11) is -1.69. The summed E-state index contributed by atoms with van der Waals surface area (Å²) in [4.78, 5) is 27.6. The summed E-state index contributed by atoms with van der Waals surface area (Å²) in [5, 5.41) is 6.54. The molecule has 0 unspecified atom stereocenters. The molecule has 0 amide bonds. The highest BCUT2D eigenvalue weighted by Gasteiger charge is 2.24.